The molecule has 0 unspecified atom stereocenters. The Morgan fingerprint density at radius 1 is 0.750 bits per heavy atom. The van der Waals surface area contributed by atoms with Gasteiger partial charge in [0.25, 0.3) is 17.1 Å². The Balaban J connectivity index is 1.17. The number of carbonyl (C=O) groups is 3. The van der Waals surface area contributed by atoms with Crippen molar-refractivity contribution in [1.29, 1.82) is 0 Å². The number of piperazine rings is 1. The Morgan fingerprint density at radius 2 is 1.25 bits per heavy atom. The summed E-state index contributed by atoms with van der Waals surface area (Å²) in [6, 6.07) is 7.25. The van der Waals surface area contributed by atoms with Crippen LogP contribution in [0.2, 0.25) is 0 Å². The number of unbranched alkanes of at least 4 members (excludes halogenated alkanes) is 15. The van der Waals surface area contributed by atoms with Crippen LogP contribution >= 0.6 is 11.8 Å². The first-order valence-corrected chi connectivity index (χ1v) is 16.7. The van der Waals surface area contributed by atoms with Gasteiger partial charge in [-0.15, -0.1) is 0 Å². The molecule has 1 N–H and O–H groups in total. The number of nitrogens with zero attached hydrogens (tertiary/aromatic N) is 2. The molecule has 0 aliphatic carbocycles. The maximum atomic E-state index is 13.0. The van der Waals surface area contributed by atoms with E-state index in [4.69, 9.17) is 0 Å². The predicted molar refractivity (Wildman–Crippen MR) is 167 cm³/mol. The highest BCUT2D eigenvalue weighted by molar-refractivity contribution is 8.18. The number of carbonyl (C=O) groups excluding carboxylic acids is 3. The van der Waals surface area contributed by atoms with Crippen LogP contribution in [-0.2, 0) is 4.79 Å². The zero-order valence-corrected chi connectivity index (χ0v) is 25.6. The third-order valence-corrected chi connectivity index (χ3v) is 8.90. The number of benzene rings is 1. The molecule has 0 aromatic heterocycles. The minimum absolute atomic E-state index is 0.0597. The lowest BCUT2D eigenvalue weighted by Crippen LogP contribution is -2.48. The van der Waals surface area contributed by atoms with Gasteiger partial charge >= 0.3 is 0 Å². The van der Waals surface area contributed by atoms with E-state index in [2.05, 4.69) is 17.1 Å². The third-order valence-electron chi connectivity index (χ3n) is 8.08. The molecule has 222 valence electrons. The first-order chi connectivity index (χ1) is 19.6. The van der Waals surface area contributed by atoms with Gasteiger partial charge in [-0.05, 0) is 48.5 Å². The molecule has 7 heteroatoms. The molecular formula is C33H51N3O3S. The summed E-state index contributed by atoms with van der Waals surface area (Å²) in [6.07, 6.45) is 24.0. The summed E-state index contributed by atoms with van der Waals surface area (Å²) in [5, 5.41) is 1.90. The predicted octanol–water partition coefficient (Wildman–Crippen LogP) is 8.03. The minimum atomic E-state index is -0.368. The van der Waals surface area contributed by atoms with Crippen LogP contribution in [0, 0.1) is 0 Å². The Bertz CT molecular complexity index is 939. The lowest BCUT2D eigenvalue weighted by atomic mass is 10.0. The van der Waals surface area contributed by atoms with E-state index in [1.807, 2.05) is 17.0 Å². The smallest absolute Gasteiger partial charge is 0.290 e. The SMILES string of the molecule is CCCCCCCCCCCCCCCCCCN1CCN(C(=O)c2ccc(/C=C3\SC(=O)NC3=O)cc2)CC1. The normalized spacial score (nSPS) is 17.1. The van der Waals surface area contributed by atoms with Crippen molar-refractivity contribution < 1.29 is 14.4 Å². The second-order valence-corrected chi connectivity index (χ2v) is 12.4. The molecule has 6 nitrogen and oxygen atoms in total. The van der Waals surface area contributed by atoms with E-state index in [0.717, 1.165) is 50.0 Å². The van der Waals surface area contributed by atoms with E-state index in [-0.39, 0.29) is 17.1 Å². The lowest BCUT2D eigenvalue weighted by Gasteiger charge is -2.34. The van der Waals surface area contributed by atoms with Crippen LogP contribution in [0.25, 0.3) is 6.08 Å². The molecule has 0 bridgehead atoms. The minimum Gasteiger partial charge on any atom is -0.336 e. The van der Waals surface area contributed by atoms with E-state index < -0.39 is 0 Å². The summed E-state index contributed by atoms with van der Waals surface area (Å²) in [5.41, 5.74) is 1.46. The Kier molecular flexibility index (Phi) is 15.5. The molecule has 1 aromatic carbocycles. The highest BCUT2D eigenvalue weighted by Crippen LogP contribution is 2.25. The second kappa shape index (κ2) is 19.1. The van der Waals surface area contributed by atoms with Crippen molar-refractivity contribution >= 4 is 34.9 Å². The van der Waals surface area contributed by atoms with Gasteiger partial charge in [-0.2, -0.15) is 0 Å². The molecule has 2 heterocycles. The third kappa shape index (κ3) is 12.2. The molecule has 0 atom stereocenters. The topological polar surface area (TPSA) is 69.7 Å². The van der Waals surface area contributed by atoms with Crippen LogP contribution in [0.15, 0.2) is 29.2 Å². The van der Waals surface area contributed by atoms with E-state index in [0.29, 0.717) is 10.5 Å². The number of rotatable bonds is 19. The van der Waals surface area contributed by atoms with Gasteiger partial charge in [0.1, 0.15) is 0 Å². The highest BCUT2D eigenvalue weighted by atomic mass is 32.2. The summed E-state index contributed by atoms with van der Waals surface area (Å²) < 4.78 is 0. The fourth-order valence-corrected chi connectivity index (χ4v) is 6.22. The maximum Gasteiger partial charge on any atom is 0.290 e. The number of nitrogens with one attached hydrogen (secondary N) is 1. The van der Waals surface area contributed by atoms with Crippen molar-refractivity contribution in [3.05, 3.63) is 40.3 Å². The summed E-state index contributed by atoms with van der Waals surface area (Å²) >= 11 is 0.900. The molecule has 3 amide bonds. The number of hydrogen-bond acceptors (Lipinski definition) is 5. The standard InChI is InChI=1S/C33H51N3O3S/c1-2-3-4-5-6-7-8-9-10-11-12-13-14-15-16-17-22-35-23-25-36(26-24-35)32(38)29-20-18-28(19-21-29)27-30-31(37)34-33(39)40-30/h18-21,27H,2-17,22-26H2,1H3,(H,34,37,39)/b30-27-. The zero-order valence-electron chi connectivity index (χ0n) is 24.8. The van der Waals surface area contributed by atoms with E-state index in [1.165, 1.54) is 103 Å². The van der Waals surface area contributed by atoms with Gasteiger partial charge < -0.3 is 4.90 Å². The van der Waals surface area contributed by atoms with Gasteiger partial charge in [0.05, 0.1) is 4.91 Å². The number of hydrogen-bond donors (Lipinski definition) is 1. The molecule has 40 heavy (non-hydrogen) atoms. The molecule has 0 saturated carbocycles. The van der Waals surface area contributed by atoms with Gasteiger partial charge in [-0.25, -0.2) is 0 Å². The number of thioether (sulfide) groups is 1. The first-order valence-electron chi connectivity index (χ1n) is 15.9. The van der Waals surface area contributed by atoms with Crippen molar-refractivity contribution in [3.63, 3.8) is 0 Å². The molecular weight excluding hydrogens is 518 g/mol. The molecule has 2 saturated heterocycles. The van der Waals surface area contributed by atoms with Gasteiger partial charge in [0, 0.05) is 31.7 Å². The monoisotopic (exact) mass is 569 g/mol. The van der Waals surface area contributed by atoms with Crippen LogP contribution in [0.1, 0.15) is 126 Å². The first kappa shape index (κ1) is 32.4. The molecule has 0 radical (unpaired) electrons. The second-order valence-electron chi connectivity index (χ2n) is 11.4. The van der Waals surface area contributed by atoms with Gasteiger partial charge in [-0.3, -0.25) is 24.6 Å². The average Bonchev–Trinajstić information content (AvgIpc) is 3.29. The van der Waals surface area contributed by atoms with Gasteiger partial charge in [-0.1, -0.05) is 115 Å². The zero-order chi connectivity index (χ0) is 28.4. The Morgan fingerprint density at radius 3 is 1.73 bits per heavy atom. The van der Waals surface area contributed by atoms with Crippen molar-refractivity contribution in [2.75, 3.05) is 32.7 Å². The molecule has 0 spiro atoms. The van der Waals surface area contributed by atoms with Crippen LogP contribution in [0.4, 0.5) is 4.79 Å². The van der Waals surface area contributed by atoms with Crippen molar-refractivity contribution in [3.8, 4) is 0 Å². The number of imide groups is 1. The van der Waals surface area contributed by atoms with Crippen molar-refractivity contribution in [2.45, 2.75) is 110 Å². The van der Waals surface area contributed by atoms with E-state index in [1.54, 1.807) is 18.2 Å². The Hall–Kier alpha value is -2.12. The van der Waals surface area contributed by atoms with E-state index in [9.17, 15) is 14.4 Å². The van der Waals surface area contributed by atoms with Crippen LogP contribution in [0.5, 0.6) is 0 Å². The largest absolute Gasteiger partial charge is 0.336 e. The fraction of sp³-hybridized carbons (Fsp3) is 0.667. The Labute approximate surface area is 246 Å². The lowest BCUT2D eigenvalue weighted by molar-refractivity contribution is -0.115. The van der Waals surface area contributed by atoms with Crippen LogP contribution in [-0.4, -0.2) is 59.6 Å². The molecule has 2 aliphatic rings. The summed E-state index contributed by atoms with van der Waals surface area (Å²) in [7, 11) is 0. The van der Waals surface area contributed by atoms with Gasteiger partial charge in [0.2, 0.25) is 0 Å². The van der Waals surface area contributed by atoms with Crippen LogP contribution in [0.3, 0.4) is 0 Å². The summed E-state index contributed by atoms with van der Waals surface area (Å²) in [4.78, 5) is 40.8. The fourth-order valence-electron chi connectivity index (χ4n) is 5.53. The number of amides is 3. The van der Waals surface area contributed by atoms with Crippen molar-refractivity contribution in [1.82, 2.24) is 15.1 Å². The van der Waals surface area contributed by atoms with Gasteiger partial charge in [0.15, 0.2) is 0 Å². The van der Waals surface area contributed by atoms with E-state index >= 15 is 0 Å². The quantitative estimate of drug-likeness (QED) is 0.135. The summed E-state index contributed by atoms with van der Waals surface area (Å²) in [6.45, 7) is 6.83. The molecule has 1 aromatic rings. The average molecular weight is 570 g/mol. The molecule has 3 rings (SSSR count). The maximum absolute atomic E-state index is 13.0. The molecule has 2 fully saturated rings. The molecule has 2 aliphatic heterocycles. The highest BCUT2D eigenvalue weighted by Gasteiger charge is 2.25. The summed E-state index contributed by atoms with van der Waals surface area (Å²) in [5.74, 6) is -0.308. The van der Waals surface area contributed by atoms with Crippen molar-refractivity contribution in [2.24, 2.45) is 0 Å². The van der Waals surface area contributed by atoms with Crippen LogP contribution < -0.4 is 5.32 Å².